The minimum absolute atomic E-state index is 0.140. The Kier molecular flexibility index (Phi) is 5.42. The van der Waals surface area contributed by atoms with Crippen molar-refractivity contribution in [2.45, 2.75) is 6.61 Å². The Hall–Kier alpha value is -4.31. The molecule has 5 aromatic rings. The van der Waals surface area contributed by atoms with E-state index in [0.717, 1.165) is 9.04 Å². The molecule has 0 saturated heterocycles. The van der Waals surface area contributed by atoms with Crippen LogP contribution in [0.1, 0.15) is 16.1 Å². The predicted molar refractivity (Wildman–Crippen MR) is 128 cm³/mol. The molecule has 0 amide bonds. The van der Waals surface area contributed by atoms with E-state index in [1.165, 1.54) is 28.7 Å². The lowest BCUT2D eigenvalue weighted by molar-refractivity contribution is 0.0468. The van der Waals surface area contributed by atoms with Crippen LogP contribution in [0.2, 0.25) is 0 Å². The van der Waals surface area contributed by atoms with Crippen LogP contribution in [0.5, 0.6) is 0 Å². The van der Waals surface area contributed by atoms with E-state index >= 15 is 0 Å². The normalized spacial score (nSPS) is 11.1. The molecule has 2 aromatic carbocycles. The Morgan fingerprint density at radius 3 is 2.59 bits per heavy atom. The molecule has 3 heterocycles. The monoisotopic (exact) mass is 518 g/mol. The van der Waals surface area contributed by atoms with Crippen LogP contribution in [0.4, 0.5) is 0 Å². The summed E-state index contributed by atoms with van der Waals surface area (Å²) in [5, 5.41) is 0.246. The number of nitrogens with one attached hydrogen (secondary N) is 1. The molecule has 0 atom stereocenters. The smallest absolute Gasteiger partial charge is 0.338 e. The van der Waals surface area contributed by atoms with Gasteiger partial charge in [-0.2, -0.15) is 0 Å². The lowest BCUT2D eigenvalue weighted by atomic mass is 10.1. The molecule has 168 valence electrons. The fraction of sp³-hybridized carbons (Fsp3) is 0.0417. The summed E-state index contributed by atoms with van der Waals surface area (Å²) >= 11 is 3.30. The fourth-order valence-corrected chi connectivity index (χ4v) is 3.92. The summed E-state index contributed by atoms with van der Waals surface area (Å²) in [6.45, 7) is -0.217. The van der Waals surface area contributed by atoms with Gasteiger partial charge in [-0.3, -0.25) is 14.0 Å². The maximum Gasteiger partial charge on any atom is 0.338 e. The van der Waals surface area contributed by atoms with Gasteiger partial charge in [-0.25, -0.2) is 19.1 Å². The van der Waals surface area contributed by atoms with Crippen LogP contribution in [0.3, 0.4) is 0 Å². The van der Waals surface area contributed by atoms with E-state index in [1.807, 2.05) is 0 Å². The number of H-pyrrole nitrogens is 1. The van der Waals surface area contributed by atoms with E-state index < -0.39 is 17.2 Å². The highest BCUT2D eigenvalue weighted by Gasteiger charge is 2.14. The number of hydrogen-bond donors (Lipinski definition) is 1. The number of esters is 1. The molecule has 1 N–H and O–H groups in total. The Morgan fingerprint density at radius 2 is 1.79 bits per heavy atom. The topological polar surface area (TPSA) is 116 Å². The maximum atomic E-state index is 12.9. The number of hydrogen-bond acceptors (Lipinski definition) is 6. The van der Waals surface area contributed by atoms with Crippen LogP contribution < -0.4 is 16.8 Å². The van der Waals surface area contributed by atoms with Crippen LogP contribution in [0.25, 0.3) is 22.2 Å². The molecule has 0 bridgehead atoms. The zero-order valence-electron chi connectivity index (χ0n) is 17.4. The number of carbonyl (C=O) groups is 1. The van der Waals surface area contributed by atoms with Gasteiger partial charge in [0, 0.05) is 16.7 Å². The molecule has 0 spiro atoms. The third-order valence-corrected chi connectivity index (χ3v) is 5.64. The maximum absolute atomic E-state index is 12.9. The summed E-state index contributed by atoms with van der Waals surface area (Å²) in [6.07, 6.45) is 1.60. The molecule has 0 saturated carbocycles. The number of halogens is 1. The van der Waals surface area contributed by atoms with Crippen molar-refractivity contribution in [3.05, 3.63) is 120 Å². The molecule has 3 aromatic heterocycles. The molecular formula is C24H15BrN4O5. The van der Waals surface area contributed by atoms with Crippen LogP contribution in [0, 0.1) is 0 Å². The SMILES string of the molecule is O=C(OCc1cc(=O)n2cc(Br)ccc2n1)c1ccc2c(=O)n(-c3ccccc3)c(=O)[nH]c2c1. The van der Waals surface area contributed by atoms with E-state index in [1.54, 1.807) is 48.7 Å². The average Bonchev–Trinajstić information content (AvgIpc) is 2.83. The van der Waals surface area contributed by atoms with Gasteiger partial charge < -0.3 is 9.72 Å². The van der Waals surface area contributed by atoms with Crippen LogP contribution >= 0.6 is 15.9 Å². The van der Waals surface area contributed by atoms with E-state index in [-0.39, 0.29) is 28.6 Å². The number of aromatic amines is 1. The first-order chi connectivity index (χ1) is 16.4. The third-order valence-electron chi connectivity index (χ3n) is 5.18. The highest BCUT2D eigenvalue weighted by Crippen LogP contribution is 2.13. The molecular weight excluding hydrogens is 504 g/mol. The number of ether oxygens (including phenoxy) is 1. The molecule has 5 rings (SSSR count). The van der Waals surface area contributed by atoms with Gasteiger partial charge in [0.2, 0.25) is 0 Å². The summed E-state index contributed by atoms with van der Waals surface area (Å²) < 4.78 is 8.44. The first-order valence-corrected chi connectivity index (χ1v) is 10.9. The fourth-order valence-electron chi connectivity index (χ4n) is 3.58. The van der Waals surface area contributed by atoms with Crippen molar-refractivity contribution in [2.75, 3.05) is 0 Å². The third kappa shape index (κ3) is 3.95. The van der Waals surface area contributed by atoms with Gasteiger partial charge in [0.1, 0.15) is 12.3 Å². The molecule has 0 aliphatic carbocycles. The number of benzene rings is 2. The van der Waals surface area contributed by atoms with Crippen molar-refractivity contribution < 1.29 is 9.53 Å². The second kappa shape index (κ2) is 8.56. The number of para-hydroxylation sites is 1. The standard InChI is InChI=1S/C24H15BrN4O5/c25-15-7-9-20-26-16(11-21(30)28(20)12-15)13-34-23(32)14-6-8-18-19(10-14)27-24(33)29(22(18)31)17-4-2-1-3-5-17/h1-12H,13H2,(H,27,33). The Balaban J connectivity index is 1.42. The van der Waals surface area contributed by atoms with Crippen LogP contribution in [-0.4, -0.2) is 24.9 Å². The molecule has 0 fully saturated rings. The van der Waals surface area contributed by atoms with Crippen molar-refractivity contribution in [2.24, 2.45) is 0 Å². The molecule has 10 heteroatoms. The van der Waals surface area contributed by atoms with Gasteiger partial charge in [0.25, 0.3) is 11.1 Å². The van der Waals surface area contributed by atoms with E-state index in [2.05, 4.69) is 25.9 Å². The summed E-state index contributed by atoms with van der Waals surface area (Å²) in [5.74, 6) is -0.687. The van der Waals surface area contributed by atoms with Gasteiger partial charge in [0.05, 0.1) is 27.8 Å². The van der Waals surface area contributed by atoms with Gasteiger partial charge >= 0.3 is 11.7 Å². The van der Waals surface area contributed by atoms with Crippen molar-refractivity contribution in [3.8, 4) is 5.69 Å². The second-order valence-electron chi connectivity index (χ2n) is 7.40. The van der Waals surface area contributed by atoms with Gasteiger partial charge in [0.15, 0.2) is 0 Å². The largest absolute Gasteiger partial charge is 0.456 e. The average molecular weight is 519 g/mol. The number of fused-ring (bicyclic) bond motifs is 2. The quantitative estimate of drug-likeness (QED) is 0.365. The number of aromatic nitrogens is 4. The van der Waals surface area contributed by atoms with E-state index in [0.29, 0.717) is 17.0 Å². The Bertz CT molecular complexity index is 1760. The Labute approximate surface area is 199 Å². The van der Waals surface area contributed by atoms with Gasteiger partial charge in [-0.1, -0.05) is 18.2 Å². The molecule has 0 unspecified atom stereocenters. The van der Waals surface area contributed by atoms with Crippen molar-refractivity contribution in [1.82, 2.24) is 18.9 Å². The summed E-state index contributed by atoms with van der Waals surface area (Å²) in [4.78, 5) is 57.3. The summed E-state index contributed by atoms with van der Waals surface area (Å²) in [6, 6.07) is 17.5. The van der Waals surface area contributed by atoms with Crippen molar-refractivity contribution in [1.29, 1.82) is 0 Å². The Morgan fingerprint density at radius 1 is 1.00 bits per heavy atom. The van der Waals surface area contributed by atoms with Crippen molar-refractivity contribution in [3.63, 3.8) is 0 Å². The second-order valence-corrected chi connectivity index (χ2v) is 8.32. The van der Waals surface area contributed by atoms with E-state index in [9.17, 15) is 19.2 Å². The minimum Gasteiger partial charge on any atom is -0.456 e. The predicted octanol–water partition coefficient (Wildman–Crippen LogP) is 2.81. The summed E-state index contributed by atoms with van der Waals surface area (Å²) in [5.41, 5.74) is 0.0609. The lowest BCUT2D eigenvalue weighted by Gasteiger charge is -2.08. The number of rotatable bonds is 4. The van der Waals surface area contributed by atoms with Gasteiger partial charge in [-0.15, -0.1) is 0 Å². The van der Waals surface area contributed by atoms with Gasteiger partial charge in [-0.05, 0) is 58.4 Å². The zero-order chi connectivity index (χ0) is 23.8. The first kappa shape index (κ1) is 21.5. The molecule has 0 aliphatic heterocycles. The first-order valence-electron chi connectivity index (χ1n) is 10.1. The zero-order valence-corrected chi connectivity index (χ0v) is 19.0. The van der Waals surface area contributed by atoms with E-state index in [4.69, 9.17) is 4.74 Å². The molecule has 0 aliphatic rings. The minimum atomic E-state index is -0.687. The molecule has 9 nitrogen and oxygen atoms in total. The molecule has 0 radical (unpaired) electrons. The van der Waals surface area contributed by atoms with Crippen molar-refractivity contribution >= 4 is 38.4 Å². The van der Waals surface area contributed by atoms with Crippen LogP contribution in [0.15, 0.2) is 91.8 Å². The van der Waals surface area contributed by atoms with Crippen LogP contribution in [-0.2, 0) is 11.3 Å². The summed E-state index contributed by atoms with van der Waals surface area (Å²) in [7, 11) is 0. The number of carbonyl (C=O) groups excluding carboxylic acids is 1. The lowest BCUT2D eigenvalue weighted by Crippen LogP contribution is -2.33. The molecule has 34 heavy (non-hydrogen) atoms. The highest BCUT2D eigenvalue weighted by molar-refractivity contribution is 9.10. The highest BCUT2D eigenvalue weighted by atomic mass is 79.9. The number of nitrogens with zero attached hydrogens (tertiary/aromatic N) is 3. The number of pyridine rings is 1.